The molecule has 0 radical (unpaired) electrons. The number of hydrogen-bond acceptors (Lipinski definition) is 4. The highest BCUT2D eigenvalue weighted by Crippen LogP contribution is 2.07. The predicted octanol–water partition coefficient (Wildman–Crippen LogP) is 1.33. The minimum atomic E-state index is -0.222. The number of rotatable bonds is 5. The van der Waals surface area contributed by atoms with E-state index >= 15 is 0 Å². The zero-order chi connectivity index (χ0) is 13.0. The topological polar surface area (TPSA) is 46.8 Å². The van der Waals surface area contributed by atoms with E-state index in [1.54, 1.807) is 0 Å². The van der Waals surface area contributed by atoms with Gasteiger partial charge in [0.25, 0.3) is 0 Å². The van der Waals surface area contributed by atoms with E-state index in [0.29, 0.717) is 13.1 Å². The minimum Gasteiger partial charge on any atom is -0.468 e. The van der Waals surface area contributed by atoms with E-state index in [4.69, 9.17) is 0 Å². The number of ether oxygens (including phenoxy) is 1. The number of likely N-dealkylation sites (N-methyl/N-ethyl adjacent to an activating group) is 1. The first-order chi connectivity index (χ1) is 8.72. The van der Waals surface area contributed by atoms with Crippen molar-refractivity contribution in [2.45, 2.75) is 13.5 Å². The number of imidazole rings is 1. The molecule has 2 heterocycles. The Labute approximate surface area is 106 Å². The first-order valence-corrected chi connectivity index (χ1v) is 5.94. The van der Waals surface area contributed by atoms with E-state index in [9.17, 15) is 4.79 Å². The third kappa shape index (κ3) is 2.87. The molecule has 0 fully saturated rings. The molecule has 0 spiro atoms. The maximum atomic E-state index is 11.3. The summed E-state index contributed by atoms with van der Waals surface area (Å²) in [4.78, 5) is 17.8. The number of aromatic nitrogens is 2. The van der Waals surface area contributed by atoms with Crippen molar-refractivity contribution in [3.05, 3.63) is 36.3 Å². The van der Waals surface area contributed by atoms with Gasteiger partial charge in [-0.1, -0.05) is 13.0 Å². The number of nitrogens with zero attached hydrogens (tertiary/aromatic N) is 3. The lowest BCUT2D eigenvalue weighted by Crippen LogP contribution is -2.30. The highest BCUT2D eigenvalue weighted by molar-refractivity contribution is 5.71. The van der Waals surface area contributed by atoms with Gasteiger partial charge in [-0.3, -0.25) is 9.69 Å². The van der Waals surface area contributed by atoms with Gasteiger partial charge >= 0.3 is 5.97 Å². The van der Waals surface area contributed by atoms with Crippen molar-refractivity contribution in [1.82, 2.24) is 14.3 Å². The van der Waals surface area contributed by atoms with Gasteiger partial charge < -0.3 is 9.14 Å². The summed E-state index contributed by atoms with van der Waals surface area (Å²) in [6, 6.07) is 5.88. The second kappa shape index (κ2) is 5.64. The molecule has 5 heteroatoms. The number of pyridine rings is 1. The summed E-state index contributed by atoms with van der Waals surface area (Å²) in [6.45, 7) is 3.73. The van der Waals surface area contributed by atoms with Crippen molar-refractivity contribution >= 4 is 11.6 Å². The summed E-state index contributed by atoms with van der Waals surface area (Å²) in [6.07, 6.45) is 3.94. The van der Waals surface area contributed by atoms with Gasteiger partial charge in [0, 0.05) is 18.9 Å². The van der Waals surface area contributed by atoms with Crippen LogP contribution >= 0.6 is 0 Å². The van der Waals surface area contributed by atoms with Crippen LogP contribution in [0.5, 0.6) is 0 Å². The van der Waals surface area contributed by atoms with Crippen LogP contribution in [0.2, 0.25) is 0 Å². The molecule has 18 heavy (non-hydrogen) atoms. The lowest BCUT2D eigenvalue weighted by atomic mass is 10.4. The van der Waals surface area contributed by atoms with Crippen LogP contribution in [0.4, 0.5) is 0 Å². The average Bonchev–Trinajstić information content (AvgIpc) is 2.79. The first-order valence-electron chi connectivity index (χ1n) is 5.94. The largest absolute Gasteiger partial charge is 0.468 e. The Bertz CT molecular complexity index is 503. The summed E-state index contributed by atoms with van der Waals surface area (Å²) in [5.41, 5.74) is 1.87. The molecule has 2 aromatic heterocycles. The fourth-order valence-electron chi connectivity index (χ4n) is 1.82. The van der Waals surface area contributed by atoms with Gasteiger partial charge in [-0.2, -0.15) is 0 Å². The highest BCUT2D eigenvalue weighted by atomic mass is 16.5. The third-order valence-corrected chi connectivity index (χ3v) is 2.83. The molecule has 0 saturated carbocycles. The van der Waals surface area contributed by atoms with Gasteiger partial charge in [0.2, 0.25) is 0 Å². The standard InChI is InChI=1S/C13H17N3O2/c1-3-15(10-13(17)18-2)8-11-9-16-7-5-4-6-12(16)14-11/h4-7,9H,3,8,10H2,1-2H3. The van der Waals surface area contributed by atoms with Gasteiger partial charge in [-0.25, -0.2) is 4.98 Å². The molecular weight excluding hydrogens is 230 g/mol. The van der Waals surface area contributed by atoms with Crippen LogP contribution in [0, 0.1) is 0 Å². The maximum absolute atomic E-state index is 11.3. The van der Waals surface area contributed by atoms with E-state index in [-0.39, 0.29) is 5.97 Å². The molecule has 0 bridgehead atoms. The predicted molar refractivity (Wildman–Crippen MR) is 68.2 cm³/mol. The maximum Gasteiger partial charge on any atom is 0.319 e. The van der Waals surface area contributed by atoms with E-state index in [1.165, 1.54) is 7.11 Å². The lowest BCUT2D eigenvalue weighted by Gasteiger charge is -2.17. The SMILES string of the molecule is CCN(CC(=O)OC)Cc1cn2ccccc2n1. The van der Waals surface area contributed by atoms with Crippen molar-refractivity contribution in [2.75, 3.05) is 20.2 Å². The Hall–Kier alpha value is -1.88. The van der Waals surface area contributed by atoms with E-state index < -0.39 is 0 Å². The van der Waals surface area contributed by atoms with E-state index in [0.717, 1.165) is 17.9 Å². The zero-order valence-corrected chi connectivity index (χ0v) is 10.7. The van der Waals surface area contributed by atoms with Crippen LogP contribution in [0.25, 0.3) is 5.65 Å². The molecule has 2 aromatic rings. The molecule has 0 aliphatic heterocycles. The first kappa shape index (κ1) is 12.6. The smallest absolute Gasteiger partial charge is 0.319 e. The van der Waals surface area contributed by atoms with Crippen LogP contribution in [-0.2, 0) is 16.1 Å². The molecule has 2 rings (SSSR count). The number of fused-ring (bicyclic) bond motifs is 1. The molecule has 0 N–H and O–H groups in total. The summed E-state index contributed by atoms with van der Waals surface area (Å²) in [7, 11) is 1.40. The van der Waals surface area contributed by atoms with Gasteiger partial charge in [-0.15, -0.1) is 0 Å². The van der Waals surface area contributed by atoms with E-state index in [2.05, 4.69) is 9.72 Å². The Morgan fingerprint density at radius 1 is 1.50 bits per heavy atom. The second-order valence-corrected chi connectivity index (χ2v) is 4.08. The van der Waals surface area contributed by atoms with Crippen LogP contribution in [0.15, 0.2) is 30.6 Å². The van der Waals surface area contributed by atoms with Gasteiger partial charge in [-0.05, 0) is 18.7 Å². The van der Waals surface area contributed by atoms with Crippen molar-refractivity contribution in [3.8, 4) is 0 Å². The van der Waals surface area contributed by atoms with Crippen LogP contribution < -0.4 is 0 Å². The average molecular weight is 247 g/mol. The Morgan fingerprint density at radius 3 is 3.00 bits per heavy atom. The summed E-state index contributed by atoms with van der Waals surface area (Å²) >= 11 is 0. The normalized spacial score (nSPS) is 11.1. The Balaban J connectivity index is 2.09. The number of carbonyl (C=O) groups is 1. The molecule has 0 atom stereocenters. The van der Waals surface area contributed by atoms with Crippen molar-refractivity contribution in [2.24, 2.45) is 0 Å². The molecule has 0 aliphatic rings. The molecular formula is C13H17N3O2. The van der Waals surface area contributed by atoms with Gasteiger partial charge in [0.05, 0.1) is 19.3 Å². The second-order valence-electron chi connectivity index (χ2n) is 4.08. The number of hydrogen-bond donors (Lipinski definition) is 0. The van der Waals surface area contributed by atoms with Crippen LogP contribution in [-0.4, -0.2) is 40.5 Å². The number of methoxy groups -OCH3 is 1. The Kier molecular flexibility index (Phi) is 3.94. The molecule has 0 saturated heterocycles. The van der Waals surface area contributed by atoms with Crippen LogP contribution in [0.3, 0.4) is 0 Å². The van der Waals surface area contributed by atoms with E-state index in [1.807, 2.05) is 46.8 Å². The van der Waals surface area contributed by atoms with Crippen molar-refractivity contribution in [3.63, 3.8) is 0 Å². The fraction of sp³-hybridized carbons (Fsp3) is 0.385. The molecule has 5 nitrogen and oxygen atoms in total. The molecule has 96 valence electrons. The lowest BCUT2D eigenvalue weighted by molar-refractivity contribution is -0.142. The molecule has 0 aliphatic carbocycles. The van der Waals surface area contributed by atoms with Crippen molar-refractivity contribution < 1.29 is 9.53 Å². The summed E-state index contributed by atoms with van der Waals surface area (Å²) < 4.78 is 6.65. The monoisotopic (exact) mass is 247 g/mol. The summed E-state index contributed by atoms with van der Waals surface area (Å²) in [5, 5.41) is 0. The van der Waals surface area contributed by atoms with Crippen LogP contribution in [0.1, 0.15) is 12.6 Å². The molecule has 0 unspecified atom stereocenters. The van der Waals surface area contributed by atoms with Crippen molar-refractivity contribution in [1.29, 1.82) is 0 Å². The quantitative estimate of drug-likeness (QED) is 0.748. The number of carbonyl (C=O) groups excluding carboxylic acids is 1. The minimum absolute atomic E-state index is 0.222. The third-order valence-electron chi connectivity index (χ3n) is 2.83. The highest BCUT2D eigenvalue weighted by Gasteiger charge is 2.11. The number of esters is 1. The van der Waals surface area contributed by atoms with Gasteiger partial charge in [0.1, 0.15) is 5.65 Å². The molecule has 0 aromatic carbocycles. The summed E-state index contributed by atoms with van der Waals surface area (Å²) in [5.74, 6) is -0.222. The van der Waals surface area contributed by atoms with Gasteiger partial charge in [0.15, 0.2) is 0 Å². The Morgan fingerprint density at radius 2 is 2.33 bits per heavy atom. The molecule has 0 amide bonds. The zero-order valence-electron chi connectivity index (χ0n) is 10.7. The fourth-order valence-corrected chi connectivity index (χ4v) is 1.82.